The van der Waals surface area contributed by atoms with Crippen LogP contribution in [0.1, 0.15) is 28.6 Å². The van der Waals surface area contributed by atoms with Gasteiger partial charge in [0.1, 0.15) is 0 Å². The summed E-state index contributed by atoms with van der Waals surface area (Å²) in [7, 11) is 0. The molecule has 0 N–H and O–H groups in total. The summed E-state index contributed by atoms with van der Waals surface area (Å²) in [6, 6.07) is 21.9. The molecular weight excluding hydrogens is 446 g/mol. The first kappa shape index (κ1) is 20.1. The molecule has 1 unspecified atom stereocenters. The lowest BCUT2D eigenvalue weighted by atomic mass is 10.0. The fourth-order valence-corrected chi connectivity index (χ4v) is 5.13. The zero-order chi connectivity index (χ0) is 21.2. The minimum atomic E-state index is 0.0545. The molecule has 5 rings (SSSR count). The molecular formula is C23H18ClN5S2. The standard InChI is InChI=1S/C23H18ClN5S2/c1-15-22(27-26-18-6-3-2-4-7-18)31-23(25-15)29-20(16-9-11-17(24)12-10-16)14-19(28-29)21-8-5-13-30-21/h2-13,20H,14H2,1H3. The van der Waals surface area contributed by atoms with Gasteiger partial charge in [-0.2, -0.15) is 5.10 Å². The molecule has 1 atom stereocenters. The van der Waals surface area contributed by atoms with Crippen LogP contribution in [0.25, 0.3) is 0 Å². The maximum Gasteiger partial charge on any atom is 0.208 e. The summed E-state index contributed by atoms with van der Waals surface area (Å²) in [6.45, 7) is 1.95. The van der Waals surface area contributed by atoms with Crippen LogP contribution in [0.5, 0.6) is 0 Å². The number of hydrogen-bond acceptors (Lipinski definition) is 7. The zero-order valence-electron chi connectivity index (χ0n) is 16.6. The number of halogens is 1. The third kappa shape index (κ3) is 4.30. The summed E-state index contributed by atoms with van der Waals surface area (Å²) in [4.78, 5) is 5.95. The number of aryl methyl sites for hydroxylation is 1. The number of rotatable bonds is 5. The predicted molar refractivity (Wildman–Crippen MR) is 130 cm³/mol. The van der Waals surface area contributed by atoms with Crippen molar-refractivity contribution in [3.63, 3.8) is 0 Å². The highest BCUT2D eigenvalue weighted by atomic mass is 35.5. The molecule has 0 bridgehead atoms. The van der Waals surface area contributed by atoms with Crippen LogP contribution in [0.3, 0.4) is 0 Å². The van der Waals surface area contributed by atoms with Gasteiger partial charge in [0.25, 0.3) is 0 Å². The first-order chi connectivity index (χ1) is 15.2. The number of aromatic nitrogens is 1. The summed E-state index contributed by atoms with van der Waals surface area (Å²) in [5.41, 5.74) is 3.87. The van der Waals surface area contributed by atoms with Crippen molar-refractivity contribution in [2.45, 2.75) is 19.4 Å². The zero-order valence-corrected chi connectivity index (χ0v) is 19.0. The molecule has 0 saturated carbocycles. The number of hydrogen-bond donors (Lipinski definition) is 0. The largest absolute Gasteiger partial charge is 0.231 e. The first-order valence-corrected chi connectivity index (χ1v) is 11.8. The van der Waals surface area contributed by atoms with E-state index in [0.717, 1.165) is 44.2 Å². The van der Waals surface area contributed by atoms with Crippen LogP contribution >= 0.6 is 34.3 Å². The minimum absolute atomic E-state index is 0.0545. The highest BCUT2D eigenvalue weighted by molar-refractivity contribution is 7.19. The second-order valence-electron chi connectivity index (χ2n) is 7.06. The van der Waals surface area contributed by atoms with Crippen LogP contribution in [0.4, 0.5) is 15.8 Å². The average Bonchev–Trinajstić information content (AvgIpc) is 3.53. The van der Waals surface area contributed by atoms with Crippen LogP contribution < -0.4 is 5.01 Å². The maximum absolute atomic E-state index is 6.12. The van der Waals surface area contributed by atoms with Crippen molar-refractivity contribution in [2.75, 3.05) is 5.01 Å². The van der Waals surface area contributed by atoms with Gasteiger partial charge in [-0.05, 0) is 48.2 Å². The van der Waals surface area contributed by atoms with Crippen molar-refractivity contribution in [2.24, 2.45) is 15.3 Å². The number of azo groups is 1. The van der Waals surface area contributed by atoms with Gasteiger partial charge >= 0.3 is 0 Å². The molecule has 31 heavy (non-hydrogen) atoms. The molecule has 1 aliphatic rings. The van der Waals surface area contributed by atoms with Crippen LogP contribution in [0.2, 0.25) is 5.02 Å². The third-order valence-electron chi connectivity index (χ3n) is 4.94. The van der Waals surface area contributed by atoms with Gasteiger partial charge in [-0.3, -0.25) is 0 Å². The van der Waals surface area contributed by atoms with E-state index < -0.39 is 0 Å². The molecule has 5 nitrogen and oxygen atoms in total. The normalized spacial score (nSPS) is 16.3. The van der Waals surface area contributed by atoms with E-state index in [4.69, 9.17) is 21.7 Å². The Bertz CT molecular complexity index is 1230. The topological polar surface area (TPSA) is 53.2 Å². The van der Waals surface area contributed by atoms with Crippen LogP contribution in [-0.4, -0.2) is 10.7 Å². The molecule has 0 fully saturated rings. The quantitative estimate of drug-likeness (QED) is 0.282. The van der Waals surface area contributed by atoms with E-state index in [1.54, 1.807) is 11.3 Å². The van der Waals surface area contributed by atoms with Gasteiger partial charge in [0.2, 0.25) is 5.13 Å². The van der Waals surface area contributed by atoms with Gasteiger partial charge in [-0.25, -0.2) is 9.99 Å². The summed E-state index contributed by atoms with van der Waals surface area (Å²) in [5, 5.41) is 20.1. The van der Waals surface area contributed by atoms with Crippen molar-refractivity contribution < 1.29 is 0 Å². The summed E-state index contributed by atoms with van der Waals surface area (Å²) < 4.78 is 0. The molecule has 8 heteroatoms. The van der Waals surface area contributed by atoms with Gasteiger partial charge in [0.05, 0.1) is 28.0 Å². The van der Waals surface area contributed by atoms with E-state index in [1.807, 2.05) is 54.4 Å². The molecule has 154 valence electrons. The Morgan fingerprint density at radius 1 is 1.00 bits per heavy atom. The van der Waals surface area contributed by atoms with E-state index >= 15 is 0 Å². The van der Waals surface area contributed by atoms with Crippen LogP contribution in [0, 0.1) is 6.92 Å². The number of benzene rings is 2. The molecule has 2 aromatic heterocycles. The van der Waals surface area contributed by atoms with Gasteiger partial charge in [0.15, 0.2) is 5.00 Å². The Morgan fingerprint density at radius 3 is 2.55 bits per heavy atom. The molecule has 0 saturated heterocycles. The second-order valence-corrected chi connectivity index (χ2v) is 9.40. The average molecular weight is 464 g/mol. The number of anilines is 1. The van der Waals surface area contributed by atoms with Crippen molar-refractivity contribution in [3.8, 4) is 0 Å². The predicted octanol–water partition coefficient (Wildman–Crippen LogP) is 7.94. The Balaban J connectivity index is 1.49. The Hall–Kier alpha value is -2.87. The smallest absolute Gasteiger partial charge is 0.208 e. The van der Waals surface area contributed by atoms with Crippen molar-refractivity contribution in [3.05, 3.63) is 93.3 Å². The van der Waals surface area contributed by atoms with Gasteiger partial charge < -0.3 is 0 Å². The summed E-state index contributed by atoms with van der Waals surface area (Å²) >= 11 is 9.32. The highest BCUT2D eigenvalue weighted by Gasteiger charge is 2.32. The van der Waals surface area contributed by atoms with Crippen LogP contribution in [0.15, 0.2) is 87.4 Å². The van der Waals surface area contributed by atoms with Crippen molar-refractivity contribution in [1.29, 1.82) is 0 Å². The Labute approximate surface area is 193 Å². The summed E-state index contributed by atoms with van der Waals surface area (Å²) in [6.07, 6.45) is 0.807. The van der Waals surface area contributed by atoms with E-state index in [2.05, 4.69) is 39.9 Å². The molecule has 0 radical (unpaired) electrons. The summed E-state index contributed by atoms with van der Waals surface area (Å²) in [5.74, 6) is 0. The fraction of sp³-hybridized carbons (Fsp3) is 0.130. The van der Waals surface area contributed by atoms with Crippen molar-refractivity contribution >= 4 is 55.8 Å². The van der Waals surface area contributed by atoms with E-state index in [0.29, 0.717) is 0 Å². The van der Waals surface area contributed by atoms with Gasteiger partial charge in [0, 0.05) is 11.4 Å². The molecule has 1 aliphatic heterocycles. The van der Waals surface area contributed by atoms with Gasteiger partial charge in [-0.1, -0.05) is 59.3 Å². The van der Waals surface area contributed by atoms with Crippen molar-refractivity contribution in [1.82, 2.24) is 4.98 Å². The molecule has 3 heterocycles. The molecule has 4 aromatic rings. The minimum Gasteiger partial charge on any atom is -0.231 e. The van der Waals surface area contributed by atoms with Crippen LogP contribution in [-0.2, 0) is 0 Å². The maximum atomic E-state index is 6.12. The molecule has 2 aromatic carbocycles. The Morgan fingerprint density at radius 2 is 1.81 bits per heavy atom. The lowest BCUT2D eigenvalue weighted by molar-refractivity contribution is 0.705. The SMILES string of the molecule is Cc1nc(N2N=C(c3cccs3)CC2c2ccc(Cl)cc2)sc1N=Nc1ccccc1. The highest BCUT2D eigenvalue weighted by Crippen LogP contribution is 2.42. The monoisotopic (exact) mass is 463 g/mol. The van der Waals surface area contributed by atoms with E-state index in [1.165, 1.54) is 16.2 Å². The fourth-order valence-electron chi connectivity index (χ4n) is 3.39. The number of hydrazone groups is 1. The lowest BCUT2D eigenvalue weighted by Gasteiger charge is -2.21. The number of nitrogens with zero attached hydrogens (tertiary/aromatic N) is 5. The van der Waals surface area contributed by atoms with E-state index in [9.17, 15) is 0 Å². The lowest BCUT2D eigenvalue weighted by Crippen LogP contribution is -2.18. The van der Waals surface area contributed by atoms with Gasteiger partial charge in [-0.15, -0.1) is 21.6 Å². The Kier molecular flexibility index (Phi) is 5.63. The molecule has 0 aliphatic carbocycles. The molecule has 0 amide bonds. The molecule has 0 spiro atoms. The first-order valence-electron chi connectivity index (χ1n) is 9.77. The third-order valence-corrected chi connectivity index (χ3v) is 7.14. The number of thiophene rings is 1. The second kappa shape index (κ2) is 8.70. The number of thiazole rings is 1. The van der Waals surface area contributed by atoms with E-state index in [-0.39, 0.29) is 6.04 Å².